The molecule has 1 aromatic heterocycles. The van der Waals surface area contributed by atoms with Gasteiger partial charge in [-0.25, -0.2) is 4.98 Å². The number of imidazole rings is 1. The standard InChI is InChI=1S/C34H34N2/c1-5-25(4)29-18-12-13-19-30(29)34-35-20-21-36(34)33-31(26-14-8-6-9-15-26)22-28(24(2)3)23-32(33)27-16-10-7-11-17-27/h6-25H,5H2,1-4H3. The highest BCUT2D eigenvalue weighted by molar-refractivity contribution is 5.87. The van der Waals surface area contributed by atoms with Gasteiger partial charge in [0, 0.05) is 29.1 Å². The number of aromatic nitrogens is 2. The second-order valence-corrected chi connectivity index (χ2v) is 9.87. The highest BCUT2D eigenvalue weighted by Crippen LogP contribution is 2.41. The van der Waals surface area contributed by atoms with E-state index in [4.69, 9.17) is 4.98 Å². The summed E-state index contributed by atoms with van der Waals surface area (Å²) in [7, 11) is 0. The van der Waals surface area contributed by atoms with Crippen LogP contribution in [0.1, 0.15) is 57.1 Å². The van der Waals surface area contributed by atoms with Crippen LogP contribution in [0.3, 0.4) is 0 Å². The van der Waals surface area contributed by atoms with E-state index in [-0.39, 0.29) is 0 Å². The van der Waals surface area contributed by atoms with Crippen molar-refractivity contribution in [2.75, 3.05) is 0 Å². The molecule has 36 heavy (non-hydrogen) atoms. The van der Waals surface area contributed by atoms with Crippen LogP contribution < -0.4 is 0 Å². The molecule has 1 heterocycles. The van der Waals surface area contributed by atoms with E-state index in [0.29, 0.717) is 11.8 Å². The van der Waals surface area contributed by atoms with Gasteiger partial charge >= 0.3 is 0 Å². The predicted octanol–water partition coefficient (Wildman–Crippen LogP) is 9.51. The lowest BCUT2D eigenvalue weighted by molar-refractivity contribution is 0.734. The Balaban J connectivity index is 1.85. The van der Waals surface area contributed by atoms with Crippen LogP contribution in [-0.2, 0) is 0 Å². The molecule has 2 heteroatoms. The molecule has 0 saturated carbocycles. The SMILES string of the molecule is CCC(C)c1ccccc1-c1nccn1-c1c(-c2ccccc2)cc(C(C)C)cc1-c1ccccc1. The smallest absolute Gasteiger partial charge is 0.144 e. The average molecular weight is 471 g/mol. The van der Waals surface area contributed by atoms with Gasteiger partial charge in [0.25, 0.3) is 0 Å². The van der Waals surface area contributed by atoms with Crippen LogP contribution in [0, 0.1) is 0 Å². The summed E-state index contributed by atoms with van der Waals surface area (Å²) in [4.78, 5) is 4.93. The van der Waals surface area contributed by atoms with Crippen LogP contribution in [-0.4, -0.2) is 9.55 Å². The maximum absolute atomic E-state index is 4.93. The summed E-state index contributed by atoms with van der Waals surface area (Å²) in [6.45, 7) is 9.08. The lowest BCUT2D eigenvalue weighted by atomic mass is 9.89. The van der Waals surface area contributed by atoms with E-state index in [1.54, 1.807) is 0 Å². The molecule has 180 valence electrons. The zero-order chi connectivity index (χ0) is 25.1. The average Bonchev–Trinajstić information content (AvgIpc) is 3.42. The minimum Gasteiger partial charge on any atom is -0.299 e. The Morgan fingerprint density at radius 1 is 0.694 bits per heavy atom. The van der Waals surface area contributed by atoms with E-state index < -0.39 is 0 Å². The monoisotopic (exact) mass is 470 g/mol. The van der Waals surface area contributed by atoms with Gasteiger partial charge in [-0.05, 0) is 52.6 Å². The largest absolute Gasteiger partial charge is 0.299 e. The quantitative estimate of drug-likeness (QED) is 0.231. The van der Waals surface area contributed by atoms with Gasteiger partial charge in [0.05, 0.1) is 5.69 Å². The number of rotatable bonds is 7. The van der Waals surface area contributed by atoms with E-state index >= 15 is 0 Å². The first-order valence-corrected chi connectivity index (χ1v) is 13.0. The summed E-state index contributed by atoms with van der Waals surface area (Å²) >= 11 is 0. The van der Waals surface area contributed by atoms with Crippen LogP contribution in [0.25, 0.3) is 39.3 Å². The molecule has 4 aromatic carbocycles. The van der Waals surface area contributed by atoms with Crippen molar-refractivity contribution >= 4 is 0 Å². The molecular weight excluding hydrogens is 436 g/mol. The van der Waals surface area contributed by atoms with E-state index in [2.05, 4.69) is 136 Å². The minimum atomic E-state index is 0.414. The molecule has 0 aliphatic rings. The van der Waals surface area contributed by atoms with Crippen LogP contribution in [0.15, 0.2) is 109 Å². The fraction of sp³-hybridized carbons (Fsp3) is 0.206. The van der Waals surface area contributed by atoms with Crippen molar-refractivity contribution in [3.8, 4) is 39.3 Å². The van der Waals surface area contributed by atoms with Crippen LogP contribution in [0.4, 0.5) is 0 Å². The van der Waals surface area contributed by atoms with Gasteiger partial charge in [-0.2, -0.15) is 0 Å². The van der Waals surface area contributed by atoms with Crippen molar-refractivity contribution in [1.82, 2.24) is 9.55 Å². The fourth-order valence-corrected chi connectivity index (χ4v) is 4.96. The molecule has 0 fully saturated rings. The topological polar surface area (TPSA) is 17.8 Å². The summed E-state index contributed by atoms with van der Waals surface area (Å²) in [6, 6.07) is 35.0. The van der Waals surface area contributed by atoms with Gasteiger partial charge in [-0.3, -0.25) is 4.57 Å². The third-order valence-electron chi connectivity index (χ3n) is 7.20. The first-order chi connectivity index (χ1) is 17.6. The normalized spacial score (nSPS) is 12.1. The van der Waals surface area contributed by atoms with E-state index in [0.717, 1.165) is 12.2 Å². The van der Waals surface area contributed by atoms with Crippen molar-refractivity contribution < 1.29 is 0 Å². The van der Waals surface area contributed by atoms with E-state index in [9.17, 15) is 0 Å². The maximum Gasteiger partial charge on any atom is 0.144 e. The predicted molar refractivity (Wildman–Crippen MR) is 153 cm³/mol. The summed E-state index contributed by atoms with van der Waals surface area (Å²) in [5.74, 6) is 1.85. The van der Waals surface area contributed by atoms with Crippen molar-refractivity contribution in [3.63, 3.8) is 0 Å². The third kappa shape index (κ3) is 4.52. The number of nitrogens with zero attached hydrogens (tertiary/aromatic N) is 2. The molecule has 0 radical (unpaired) electrons. The van der Waals surface area contributed by atoms with Crippen LogP contribution in [0.2, 0.25) is 0 Å². The molecule has 0 N–H and O–H groups in total. The molecule has 5 aromatic rings. The Morgan fingerprint density at radius 3 is 1.81 bits per heavy atom. The van der Waals surface area contributed by atoms with Gasteiger partial charge in [0.2, 0.25) is 0 Å². The molecule has 1 unspecified atom stereocenters. The molecule has 2 nitrogen and oxygen atoms in total. The van der Waals surface area contributed by atoms with Crippen LogP contribution >= 0.6 is 0 Å². The Kier molecular flexibility index (Phi) is 6.86. The second kappa shape index (κ2) is 10.4. The summed E-state index contributed by atoms with van der Waals surface area (Å²) in [6.07, 6.45) is 5.14. The lowest BCUT2D eigenvalue weighted by Crippen LogP contribution is -2.05. The molecule has 0 aliphatic carbocycles. The lowest BCUT2D eigenvalue weighted by Gasteiger charge is -2.22. The Bertz CT molecular complexity index is 1380. The molecule has 5 rings (SSSR count). The zero-order valence-electron chi connectivity index (χ0n) is 21.6. The number of benzene rings is 4. The van der Waals surface area contributed by atoms with Gasteiger partial charge in [-0.1, -0.05) is 113 Å². The van der Waals surface area contributed by atoms with Crippen molar-refractivity contribution in [2.45, 2.75) is 46.0 Å². The van der Waals surface area contributed by atoms with Gasteiger partial charge in [0.15, 0.2) is 0 Å². The van der Waals surface area contributed by atoms with Gasteiger partial charge in [0.1, 0.15) is 5.82 Å². The first kappa shape index (κ1) is 23.8. The second-order valence-electron chi connectivity index (χ2n) is 9.87. The molecular formula is C34H34N2. The van der Waals surface area contributed by atoms with E-state index in [1.165, 1.54) is 44.6 Å². The Hall–Kier alpha value is -3.91. The third-order valence-corrected chi connectivity index (χ3v) is 7.20. The van der Waals surface area contributed by atoms with Crippen molar-refractivity contribution in [3.05, 3.63) is 121 Å². The van der Waals surface area contributed by atoms with Crippen LogP contribution in [0.5, 0.6) is 0 Å². The highest BCUT2D eigenvalue weighted by atomic mass is 15.1. The Morgan fingerprint density at radius 2 is 1.25 bits per heavy atom. The molecule has 1 atom stereocenters. The summed E-state index contributed by atoms with van der Waals surface area (Å²) in [5.41, 5.74) is 9.91. The molecule has 0 aliphatic heterocycles. The van der Waals surface area contributed by atoms with Gasteiger partial charge < -0.3 is 0 Å². The van der Waals surface area contributed by atoms with Gasteiger partial charge in [-0.15, -0.1) is 0 Å². The van der Waals surface area contributed by atoms with E-state index in [1.807, 2.05) is 6.20 Å². The number of hydrogen-bond donors (Lipinski definition) is 0. The molecule has 0 spiro atoms. The number of hydrogen-bond acceptors (Lipinski definition) is 1. The first-order valence-electron chi connectivity index (χ1n) is 13.0. The molecule has 0 saturated heterocycles. The summed E-state index contributed by atoms with van der Waals surface area (Å²) in [5, 5.41) is 0. The Labute approximate surface area is 215 Å². The molecule has 0 amide bonds. The maximum atomic E-state index is 4.93. The van der Waals surface area contributed by atoms with Crippen molar-refractivity contribution in [1.29, 1.82) is 0 Å². The fourth-order valence-electron chi connectivity index (χ4n) is 4.96. The summed E-state index contributed by atoms with van der Waals surface area (Å²) < 4.78 is 2.30. The zero-order valence-corrected chi connectivity index (χ0v) is 21.6. The van der Waals surface area contributed by atoms with Crippen molar-refractivity contribution in [2.24, 2.45) is 0 Å². The molecule has 0 bridgehead atoms. The highest BCUT2D eigenvalue weighted by Gasteiger charge is 2.21. The minimum absolute atomic E-state index is 0.414.